The van der Waals surface area contributed by atoms with Gasteiger partial charge in [0.05, 0.1) is 11.5 Å². The molecular weight excluding hydrogens is 428 g/mol. The van der Waals surface area contributed by atoms with Crippen LogP contribution in [0.3, 0.4) is 0 Å². The fourth-order valence-corrected chi connectivity index (χ4v) is 4.17. The standard InChI is InChI=1S/C20H23BrN2O3S/c21-12-4-14-26-17-8-10-18(11-9-17)27(24,25)23-13-3-5-16-15-22-20-7-2-1-6-19(16)20/h1-2,6-11,15,22-23H,3-5,12-14H2. The first-order chi connectivity index (χ1) is 13.1. The van der Waals surface area contributed by atoms with Crippen LogP contribution in [0.1, 0.15) is 18.4 Å². The summed E-state index contributed by atoms with van der Waals surface area (Å²) in [6, 6.07) is 14.6. The van der Waals surface area contributed by atoms with Gasteiger partial charge < -0.3 is 9.72 Å². The molecule has 0 aliphatic rings. The molecule has 0 unspecified atom stereocenters. The second-order valence-electron chi connectivity index (χ2n) is 6.22. The number of hydrogen-bond donors (Lipinski definition) is 2. The Labute approximate surface area is 168 Å². The van der Waals surface area contributed by atoms with E-state index in [2.05, 4.69) is 31.7 Å². The number of alkyl halides is 1. The van der Waals surface area contributed by atoms with Gasteiger partial charge in [-0.15, -0.1) is 0 Å². The van der Waals surface area contributed by atoms with E-state index in [1.165, 1.54) is 10.9 Å². The molecule has 2 aromatic carbocycles. The molecule has 0 fully saturated rings. The Kier molecular flexibility index (Phi) is 6.93. The Morgan fingerprint density at radius 3 is 2.59 bits per heavy atom. The summed E-state index contributed by atoms with van der Waals surface area (Å²) in [5.41, 5.74) is 2.31. The molecule has 0 radical (unpaired) electrons. The lowest BCUT2D eigenvalue weighted by Gasteiger charge is -2.08. The zero-order chi connectivity index (χ0) is 19.1. The summed E-state index contributed by atoms with van der Waals surface area (Å²) in [4.78, 5) is 3.49. The SMILES string of the molecule is O=S(=O)(NCCCc1c[nH]c2ccccc12)c1ccc(OCCCBr)cc1. The van der Waals surface area contributed by atoms with Crippen LogP contribution >= 0.6 is 15.9 Å². The van der Waals surface area contributed by atoms with Crippen molar-refractivity contribution in [3.8, 4) is 5.75 Å². The van der Waals surface area contributed by atoms with Crippen LogP contribution in [0.2, 0.25) is 0 Å². The summed E-state index contributed by atoms with van der Waals surface area (Å²) in [6.45, 7) is 0.995. The first kappa shape index (κ1) is 19.9. The quantitative estimate of drug-likeness (QED) is 0.358. The summed E-state index contributed by atoms with van der Waals surface area (Å²) >= 11 is 3.35. The van der Waals surface area contributed by atoms with Gasteiger partial charge in [0.15, 0.2) is 0 Å². The summed E-state index contributed by atoms with van der Waals surface area (Å²) in [6.07, 6.45) is 4.44. The largest absolute Gasteiger partial charge is 0.494 e. The summed E-state index contributed by atoms with van der Waals surface area (Å²) in [7, 11) is -3.51. The van der Waals surface area contributed by atoms with Gasteiger partial charge >= 0.3 is 0 Å². The normalized spacial score (nSPS) is 11.7. The Hall–Kier alpha value is -1.83. The van der Waals surface area contributed by atoms with Gasteiger partial charge in [0.2, 0.25) is 10.0 Å². The molecule has 5 nitrogen and oxygen atoms in total. The van der Waals surface area contributed by atoms with Gasteiger partial charge in [0.1, 0.15) is 5.75 Å². The number of rotatable bonds is 10. The molecule has 0 spiro atoms. The zero-order valence-corrected chi connectivity index (χ0v) is 17.4. The minimum atomic E-state index is -3.51. The molecule has 0 saturated heterocycles. The van der Waals surface area contributed by atoms with Crippen LogP contribution < -0.4 is 9.46 Å². The van der Waals surface area contributed by atoms with Crippen molar-refractivity contribution < 1.29 is 13.2 Å². The first-order valence-electron chi connectivity index (χ1n) is 8.93. The zero-order valence-electron chi connectivity index (χ0n) is 14.9. The number of halogens is 1. The molecule has 3 aromatic rings. The van der Waals surface area contributed by atoms with E-state index in [0.717, 1.165) is 30.1 Å². The van der Waals surface area contributed by atoms with Crippen molar-refractivity contribution in [3.63, 3.8) is 0 Å². The van der Waals surface area contributed by atoms with Crippen molar-refractivity contribution >= 4 is 36.9 Å². The Morgan fingerprint density at radius 1 is 1.04 bits per heavy atom. The average Bonchev–Trinajstić information content (AvgIpc) is 3.09. The molecule has 1 heterocycles. The number of benzene rings is 2. The molecule has 0 atom stereocenters. The highest BCUT2D eigenvalue weighted by molar-refractivity contribution is 9.09. The Balaban J connectivity index is 1.51. The molecule has 27 heavy (non-hydrogen) atoms. The fraction of sp³-hybridized carbons (Fsp3) is 0.300. The van der Waals surface area contributed by atoms with Crippen molar-refractivity contribution in [1.29, 1.82) is 0 Å². The molecule has 0 aliphatic heterocycles. The molecule has 0 bridgehead atoms. The molecule has 144 valence electrons. The Bertz CT molecular complexity index is 968. The highest BCUT2D eigenvalue weighted by atomic mass is 79.9. The monoisotopic (exact) mass is 450 g/mol. The summed E-state index contributed by atoms with van der Waals surface area (Å²) in [5, 5.41) is 2.07. The number of aromatic amines is 1. The van der Waals surface area contributed by atoms with Crippen molar-refractivity contribution in [2.24, 2.45) is 0 Å². The lowest BCUT2D eigenvalue weighted by molar-refractivity contribution is 0.319. The van der Waals surface area contributed by atoms with Crippen LogP contribution in [0, 0.1) is 0 Å². The van der Waals surface area contributed by atoms with E-state index in [-0.39, 0.29) is 4.90 Å². The highest BCUT2D eigenvalue weighted by Gasteiger charge is 2.13. The maximum Gasteiger partial charge on any atom is 0.240 e. The number of nitrogens with one attached hydrogen (secondary N) is 2. The number of ether oxygens (including phenoxy) is 1. The molecule has 1 aromatic heterocycles. The summed E-state index contributed by atoms with van der Waals surface area (Å²) < 4.78 is 33.0. The minimum absolute atomic E-state index is 0.252. The molecular formula is C20H23BrN2O3S. The molecule has 0 saturated carbocycles. The molecule has 0 aliphatic carbocycles. The predicted molar refractivity (Wildman–Crippen MR) is 112 cm³/mol. The lowest BCUT2D eigenvalue weighted by Crippen LogP contribution is -2.25. The minimum Gasteiger partial charge on any atom is -0.494 e. The number of fused-ring (bicyclic) bond motifs is 1. The first-order valence-corrected chi connectivity index (χ1v) is 11.5. The third-order valence-electron chi connectivity index (χ3n) is 4.27. The van der Waals surface area contributed by atoms with Gasteiger partial charge in [-0.25, -0.2) is 13.1 Å². The molecule has 0 amide bonds. The van der Waals surface area contributed by atoms with Gasteiger partial charge in [-0.1, -0.05) is 34.1 Å². The van der Waals surface area contributed by atoms with Crippen molar-refractivity contribution in [1.82, 2.24) is 9.71 Å². The van der Waals surface area contributed by atoms with Gasteiger partial charge in [-0.05, 0) is 55.2 Å². The number of H-pyrrole nitrogens is 1. The van der Waals surface area contributed by atoms with Crippen LogP contribution in [0.25, 0.3) is 10.9 Å². The maximum absolute atomic E-state index is 12.4. The molecule has 2 N–H and O–H groups in total. The Morgan fingerprint density at radius 2 is 1.81 bits per heavy atom. The van der Waals surface area contributed by atoms with E-state index in [0.29, 0.717) is 18.9 Å². The number of para-hydroxylation sites is 1. The topological polar surface area (TPSA) is 71.2 Å². The fourth-order valence-electron chi connectivity index (χ4n) is 2.87. The van der Waals surface area contributed by atoms with Gasteiger partial charge in [-0.2, -0.15) is 0 Å². The third kappa shape index (κ3) is 5.34. The molecule has 7 heteroatoms. The predicted octanol–water partition coefficient (Wildman–Crippen LogP) is 4.24. The van der Waals surface area contributed by atoms with E-state index in [1.807, 2.05) is 24.4 Å². The van der Waals surface area contributed by atoms with E-state index >= 15 is 0 Å². The third-order valence-corrected chi connectivity index (χ3v) is 6.31. The number of aryl methyl sites for hydroxylation is 1. The van der Waals surface area contributed by atoms with Crippen LogP contribution in [-0.2, 0) is 16.4 Å². The second kappa shape index (κ2) is 9.39. The van der Waals surface area contributed by atoms with E-state index in [1.54, 1.807) is 24.3 Å². The summed E-state index contributed by atoms with van der Waals surface area (Å²) in [5.74, 6) is 0.675. The van der Waals surface area contributed by atoms with Crippen LogP contribution in [-0.4, -0.2) is 31.9 Å². The van der Waals surface area contributed by atoms with Crippen LogP contribution in [0.5, 0.6) is 5.75 Å². The van der Waals surface area contributed by atoms with Crippen molar-refractivity contribution in [3.05, 3.63) is 60.3 Å². The number of sulfonamides is 1. The number of hydrogen-bond acceptors (Lipinski definition) is 3. The maximum atomic E-state index is 12.4. The smallest absolute Gasteiger partial charge is 0.240 e. The van der Waals surface area contributed by atoms with Gasteiger partial charge in [0, 0.05) is 29.0 Å². The van der Waals surface area contributed by atoms with Crippen molar-refractivity contribution in [2.75, 3.05) is 18.5 Å². The van der Waals surface area contributed by atoms with Gasteiger partial charge in [-0.3, -0.25) is 0 Å². The van der Waals surface area contributed by atoms with E-state index < -0.39 is 10.0 Å². The van der Waals surface area contributed by atoms with Gasteiger partial charge in [0.25, 0.3) is 0 Å². The number of aromatic nitrogens is 1. The van der Waals surface area contributed by atoms with Crippen molar-refractivity contribution in [2.45, 2.75) is 24.2 Å². The second-order valence-corrected chi connectivity index (χ2v) is 8.78. The van der Waals surface area contributed by atoms with Crippen LogP contribution in [0.15, 0.2) is 59.6 Å². The average molecular weight is 451 g/mol. The van der Waals surface area contributed by atoms with Crippen LogP contribution in [0.4, 0.5) is 0 Å². The highest BCUT2D eigenvalue weighted by Crippen LogP contribution is 2.19. The van der Waals surface area contributed by atoms with E-state index in [4.69, 9.17) is 4.74 Å². The van der Waals surface area contributed by atoms with E-state index in [9.17, 15) is 8.42 Å². The lowest BCUT2D eigenvalue weighted by atomic mass is 10.1. The molecule has 3 rings (SSSR count).